The Bertz CT molecular complexity index is 648. The number of anilines is 1. The van der Waals surface area contributed by atoms with Crippen molar-refractivity contribution in [3.63, 3.8) is 0 Å². The summed E-state index contributed by atoms with van der Waals surface area (Å²) < 4.78 is 0. The fourth-order valence-electron chi connectivity index (χ4n) is 2.27. The third-order valence-corrected chi connectivity index (χ3v) is 4.21. The molecule has 0 radical (unpaired) electrons. The molecule has 0 bridgehead atoms. The van der Waals surface area contributed by atoms with E-state index in [1.165, 1.54) is 12.1 Å². The number of hydrogen-bond acceptors (Lipinski definition) is 4. The third-order valence-electron chi connectivity index (χ3n) is 3.18. The standard InChI is InChI=1S/C13H10N2O3S/c16-12-7-10(13-11(14-12)5-6-19-13)8-1-3-9(4-2-8)15(17)18/h1-6,10H,7H2,(H,14,16)/t10-/m0/s1. The Morgan fingerprint density at radius 3 is 2.68 bits per heavy atom. The summed E-state index contributed by atoms with van der Waals surface area (Å²) in [6.45, 7) is 0. The van der Waals surface area contributed by atoms with Crippen molar-refractivity contribution in [2.75, 3.05) is 5.32 Å². The highest BCUT2D eigenvalue weighted by Gasteiger charge is 2.27. The van der Waals surface area contributed by atoms with Crippen LogP contribution in [-0.2, 0) is 4.79 Å². The number of benzene rings is 1. The van der Waals surface area contributed by atoms with Gasteiger partial charge in [0.05, 0.1) is 10.6 Å². The van der Waals surface area contributed by atoms with Crippen LogP contribution in [0.5, 0.6) is 0 Å². The molecule has 1 aromatic carbocycles. The summed E-state index contributed by atoms with van der Waals surface area (Å²) in [7, 11) is 0. The van der Waals surface area contributed by atoms with E-state index in [1.54, 1.807) is 23.5 Å². The van der Waals surface area contributed by atoms with Crippen LogP contribution in [0.25, 0.3) is 0 Å². The van der Waals surface area contributed by atoms with Crippen LogP contribution in [0.3, 0.4) is 0 Å². The van der Waals surface area contributed by atoms with E-state index in [1.807, 2.05) is 11.4 Å². The summed E-state index contributed by atoms with van der Waals surface area (Å²) in [5, 5.41) is 15.4. The number of nitrogens with one attached hydrogen (secondary N) is 1. The van der Waals surface area contributed by atoms with Gasteiger partial charge in [-0.05, 0) is 17.0 Å². The van der Waals surface area contributed by atoms with Gasteiger partial charge in [-0.3, -0.25) is 14.9 Å². The van der Waals surface area contributed by atoms with Crippen molar-refractivity contribution < 1.29 is 9.72 Å². The zero-order chi connectivity index (χ0) is 13.4. The number of nitro benzene ring substituents is 1. The van der Waals surface area contributed by atoms with E-state index >= 15 is 0 Å². The van der Waals surface area contributed by atoms with Crippen LogP contribution in [0.4, 0.5) is 11.4 Å². The highest BCUT2D eigenvalue weighted by atomic mass is 32.1. The summed E-state index contributed by atoms with van der Waals surface area (Å²) in [6, 6.07) is 8.30. The van der Waals surface area contributed by atoms with E-state index in [0.717, 1.165) is 16.1 Å². The lowest BCUT2D eigenvalue weighted by atomic mass is 9.90. The maximum atomic E-state index is 11.7. The van der Waals surface area contributed by atoms with Crippen molar-refractivity contribution in [3.05, 3.63) is 56.3 Å². The molecular formula is C13H10N2O3S. The predicted octanol–water partition coefficient (Wildman–Crippen LogP) is 3.13. The first-order valence-corrected chi connectivity index (χ1v) is 6.64. The van der Waals surface area contributed by atoms with Crippen LogP contribution in [-0.4, -0.2) is 10.8 Å². The largest absolute Gasteiger partial charge is 0.325 e. The minimum Gasteiger partial charge on any atom is -0.325 e. The Hall–Kier alpha value is -2.21. The van der Waals surface area contributed by atoms with Crippen LogP contribution in [0, 0.1) is 10.1 Å². The molecule has 2 heterocycles. The monoisotopic (exact) mass is 274 g/mol. The molecule has 1 aromatic heterocycles. The molecule has 0 aliphatic carbocycles. The number of carbonyl (C=O) groups excluding carboxylic acids is 1. The number of thiophene rings is 1. The molecule has 96 valence electrons. The molecule has 6 heteroatoms. The first-order valence-electron chi connectivity index (χ1n) is 5.77. The Balaban J connectivity index is 1.99. The molecule has 0 spiro atoms. The third kappa shape index (κ3) is 2.10. The number of nitro groups is 1. The number of fused-ring (bicyclic) bond motifs is 1. The Labute approximate surface area is 113 Å². The van der Waals surface area contributed by atoms with Crippen LogP contribution in [0.2, 0.25) is 0 Å². The topological polar surface area (TPSA) is 72.2 Å². The van der Waals surface area contributed by atoms with Gasteiger partial charge < -0.3 is 5.32 Å². The molecule has 19 heavy (non-hydrogen) atoms. The first kappa shape index (κ1) is 11.9. The quantitative estimate of drug-likeness (QED) is 0.675. The predicted molar refractivity (Wildman–Crippen MR) is 72.5 cm³/mol. The van der Waals surface area contributed by atoms with Gasteiger partial charge in [0, 0.05) is 29.3 Å². The van der Waals surface area contributed by atoms with Crippen LogP contribution >= 0.6 is 11.3 Å². The van der Waals surface area contributed by atoms with Crippen molar-refractivity contribution in [1.29, 1.82) is 0 Å². The second kappa shape index (κ2) is 4.47. The zero-order valence-corrected chi connectivity index (χ0v) is 10.6. The number of nitrogens with zero attached hydrogens (tertiary/aromatic N) is 1. The van der Waals surface area contributed by atoms with E-state index in [9.17, 15) is 14.9 Å². The number of amides is 1. The van der Waals surface area contributed by atoms with Gasteiger partial charge in [0.25, 0.3) is 5.69 Å². The molecule has 0 saturated heterocycles. The maximum absolute atomic E-state index is 11.7. The van der Waals surface area contributed by atoms with Gasteiger partial charge in [0.15, 0.2) is 0 Å². The average molecular weight is 274 g/mol. The van der Waals surface area contributed by atoms with Crippen molar-refractivity contribution >= 4 is 28.6 Å². The Kier molecular flexibility index (Phi) is 2.79. The van der Waals surface area contributed by atoms with Gasteiger partial charge in [-0.25, -0.2) is 0 Å². The van der Waals surface area contributed by atoms with Gasteiger partial charge in [-0.2, -0.15) is 0 Å². The average Bonchev–Trinajstić information content (AvgIpc) is 2.85. The normalized spacial score (nSPS) is 17.7. The molecule has 1 amide bonds. The summed E-state index contributed by atoms with van der Waals surface area (Å²) in [5.74, 6) is -0.0289. The zero-order valence-electron chi connectivity index (χ0n) is 9.83. The minimum atomic E-state index is -0.423. The van der Waals surface area contributed by atoms with Gasteiger partial charge in [-0.1, -0.05) is 12.1 Å². The fraction of sp³-hybridized carbons (Fsp3) is 0.154. The molecule has 1 aliphatic heterocycles. The maximum Gasteiger partial charge on any atom is 0.269 e. The SMILES string of the molecule is O=C1C[C@@H](c2ccc([N+](=O)[O-])cc2)c2sccc2N1. The second-order valence-corrected chi connectivity index (χ2v) is 5.30. The van der Waals surface area contributed by atoms with Gasteiger partial charge >= 0.3 is 0 Å². The van der Waals surface area contributed by atoms with Gasteiger partial charge in [0.1, 0.15) is 0 Å². The lowest BCUT2D eigenvalue weighted by Crippen LogP contribution is -2.21. The van der Waals surface area contributed by atoms with Crippen molar-refractivity contribution in [1.82, 2.24) is 0 Å². The molecule has 2 aromatic rings. The minimum absolute atomic E-state index is 0.00967. The molecule has 1 aliphatic rings. The van der Waals surface area contributed by atoms with Crippen LogP contribution in [0.1, 0.15) is 22.8 Å². The van der Waals surface area contributed by atoms with Gasteiger partial charge in [-0.15, -0.1) is 11.3 Å². The van der Waals surface area contributed by atoms with E-state index < -0.39 is 4.92 Å². The van der Waals surface area contributed by atoms with E-state index in [4.69, 9.17) is 0 Å². The Morgan fingerprint density at radius 2 is 2.00 bits per heavy atom. The van der Waals surface area contributed by atoms with Crippen molar-refractivity contribution in [2.24, 2.45) is 0 Å². The van der Waals surface area contributed by atoms with Crippen molar-refractivity contribution in [2.45, 2.75) is 12.3 Å². The number of non-ortho nitro benzene ring substituents is 1. The first-order chi connectivity index (χ1) is 9.15. The summed E-state index contributed by atoms with van der Waals surface area (Å²) in [4.78, 5) is 23.0. The molecular weight excluding hydrogens is 264 g/mol. The van der Waals surface area contributed by atoms with E-state index in [0.29, 0.717) is 6.42 Å². The number of rotatable bonds is 2. The molecule has 0 fully saturated rings. The molecule has 0 saturated carbocycles. The summed E-state index contributed by atoms with van der Waals surface area (Å²) >= 11 is 1.59. The molecule has 0 unspecified atom stereocenters. The number of hydrogen-bond donors (Lipinski definition) is 1. The van der Waals surface area contributed by atoms with Crippen molar-refractivity contribution in [3.8, 4) is 0 Å². The summed E-state index contributed by atoms with van der Waals surface area (Å²) in [6.07, 6.45) is 0.380. The Morgan fingerprint density at radius 1 is 1.26 bits per heavy atom. The highest BCUT2D eigenvalue weighted by molar-refractivity contribution is 7.10. The van der Waals surface area contributed by atoms with Gasteiger partial charge in [0.2, 0.25) is 5.91 Å². The second-order valence-electron chi connectivity index (χ2n) is 4.35. The number of carbonyl (C=O) groups is 1. The van der Waals surface area contributed by atoms with Crippen LogP contribution in [0.15, 0.2) is 35.7 Å². The lowest BCUT2D eigenvalue weighted by Gasteiger charge is -2.22. The van der Waals surface area contributed by atoms with E-state index in [2.05, 4.69) is 5.32 Å². The molecule has 1 atom stereocenters. The lowest BCUT2D eigenvalue weighted by molar-refractivity contribution is -0.384. The molecule has 1 N–H and O–H groups in total. The van der Waals surface area contributed by atoms with Crippen LogP contribution < -0.4 is 5.32 Å². The van der Waals surface area contributed by atoms with E-state index in [-0.39, 0.29) is 17.5 Å². The fourth-order valence-corrected chi connectivity index (χ4v) is 3.25. The summed E-state index contributed by atoms with van der Waals surface area (Å²) in [5.41, 5.74) is 1.85. The molecule has 5 nitrogen and oxygen atoms in total. The highest BCUT2D eigenvalue weighted by Crippen LogP contribution is 2.40. The molecule has 3 rings (SSSR count). The smallest absolute Gasteiger partial charge is 0.269 e.